The van der Waals surface area contributed by atoms with Crippen molar-refractivity contribution in [1.82, 2.24) is 10.2 Å². The van der Waals surface area contributed by atoms with E-state index in [1.54, 1.807) is 0 Å². The van der Waals surface area contributed by atoms with Crippen molar-refractivity contribution in [3.05, 3.63) is 59.7 Å². The number of rotatable bonds is 7. The van der Waals surface area contributed by atoms with Crippen molar-refractivity contribution < 1.29 is 32.3 Å². The van der Waals surface area contributed by atoms with Gasteiger partial charge in [-0.2, -0.15) is 13.2 Å². The third kappa shape index (κ3) is 5.88. The van der Waals surface area contributed by atoms with Gasteiger partial charge in [-0.25, -0.2) is 4.79 Å². The van der Waals surface area contributed by atoms with Gasteiger partial charge in [0.05, 0.1) is 5.56 Å². The summed E-state index contributed by atoms with van der Waals surface area (Å²) < 4.78 is 38.6. The lowest BCUT2D eigenvalue weighted by Crippen LogP contribution is -2.38. The van der Waals surface area contributed by atoms with E-state index in [1.165, 1.54) is 36.4 Å². The summed E-state index contributed by atoms with van der Waals surface area (Å²) in [6.45, 7) is 1.37. The Morgan fingerprint density at radius 2 is 1.70 bits per heavy atom. The summed E-state index contributed by atoms with van der Waals surface area (Å²) in [5.41, 5.74) is -0.635. The molecule has 8 nitrogen and oxygen atoms in total. The summed E-state index contributed by atoms with van der Waals surface area (Å²) in [7, 11) is 0. The molecule has 3 N–H and O–H groups in total. The predicted molar refractivity (Wildman–Crippen MR) is 113 cm³/mol. The monoisotopic (exact) mass is 462 g/mol. The Hall–Kier alpha value is -3.89. The summed E-state index contributed by atoms with van der Waals surface area (Å²) in [4.78, 5) is 49.8. The Balaban J connectivity index is 1.64. The lowest BCUT2D eigenvalue weighted by molar-refractivity contribution is -0.137. The van der Waals surface area contributed by atoms with Crippen LogP contribution in [0.2, 0.25) is 0 Å². The van der Waals surface area contributed by atoms with Crippen LogP contribution in [-0.4, -0.2) is 41.2 Å². The number of hydrogen-bond acceptors (Lipinski definition) is 4. The highest BCUT2D eigenvalue weighted by Crippen LogP contribution is 2.30. The number of amides is 5. The van der Waals surface area contributed by atoms with Gasteiger partial charge in [-0.05, 0) is 42.8 Å². The van der Waals surface area contributed by atoms with Crippen molar-refractivity contribution in [2.75, 3.05) is 17.2 Å². The summed E-state index contributed by atoms with van der Waals surface area (Å²) in [5.74, 6) is -1.81. The Morgan fingerprint density at radius 3 is 2.36 bits per heavy atom. The molecule has 1 atom stereocenters. The maximum absolute atomic E-state index is 12.9. The molecule has 1 aliphatic rings. The molecule has 0 saturated carbocycles. The fourth-order valence-electron chi connectivity index (χ4n) is 3.27. The lowest BCUT2D eigenvalue weighted by Gasteiger charge is -2.13. The minimum atomic E-state index is -4.55. The number of urea groups is 1. The molecule has 0 unspecified atom stereocenters. The van der Waals surface area contributed by atoms with Crippen LogP contribution in [0, 0.1) is 0 Å². The zero-order valence-corrected chi connectivity index (χ0v) is 17.5. The van der Waals surface area contributed by atoms with Gasteiger partial charge in [0.15, 0.2) is 0 Å². The van der Waals surface area contributed by atoms with Gasteiger partial charge in [-0.1, -0.05) is 25.5 Å². The van der Waals surface area contributed by atoms with Crippen molar-refractivity contribution in [2.24, 2.45) is 0 Å². The molecular weight excluding hydrogens is 441 g/mol. The molecular formula is C22H21F3N4O4. The second-order valence-electron chi connectivity index (χ2n) is 7.38. The smallest absolute Gasteiger partial charge is 0.326 e. The number of carbonyl (C=O) groups excluding carboxylic acids is 4. The standard InChI is InChI=1S/C22H21F3N4O4/c1-2-5-17-20(32)29(21(33)28-17)12-18(30)26-15-8-3-6-13(10-15)19(31)27-16-9-4-7-14(11-16)22(23,24)25/h3-4,6-11,17H,2,5,12H2,1H3,(H,26,30)(H,27,31)(H,28,33)/t17-/m0/s1. The van der Waals surface area contributed by atoms with E-state index in [1.807, 2.05) is 6.92 Å². The Bertz CT molecular complexity index is 1090. The molecule has 1 aliphatic heterocycles. The molecule has 0 bridgehead atoms. The van der Waals surface area contributed by atoms with Crippen molar-refractivity contribution in [2.45, 2.75) is 32.0 Å². The molecule has 5 amide bonds. The zero-order valence-electron chi connectivity index (χ0n) is 17.5. The molecule has 1 heterocycles. The van der Waals surface area contributed by atoms with Crippen LogP contribution in [0.1, 0.15) is 35.7 Å². The molecule has 2 aromatic rings. The summed E-state index contributed by atoms with van der Waals surface area (Å²) in [5, 5.41) is 7.40. The first-order valence-corrected chi connectivity index (χ1v) is 10.1. The number of hydrogen-bond donors (Lipinski definition) is 3. The summed E-state index contributed by atoms with van der Waals surface area (Å²) in [6.07, 6.45) is -3.40. The predicted octanol–water partition coefficient (Wildman–Crippen LogP) is 3.62. The van der Waals surface area contributed by atoms with Crippen LogP contribution < -0.4 is 16.0 Å². The molecule has 0 aliphatic carbocycles. The fourth-order valence-corrected chi connectivity index (χ4v) is 3.27. The molecule has 0 radical (unpaired) electrons. The number of alkyl halides is 3. The third-order valence-electron chi connectivity index (χ3n) is 4.84. The number of nitrogens with one attached hydrogen (secondary N) is 3. The maximum Gasteiger partial charge on any atom is 0.416 e. The van der Waals surface area contributed by atoms with E-state index in [-0.39, 0.29) is 16.9 Å². The first kappa shape index (κ1) is 23.8. The first-order valence-electron chi connectivity index (χ1n) is 10.1. The third-order valence-corrected chi connectivity index (χ3v) is 4.84. The summed E-state index contributed by atoms with van der Waals surface area (Å²) in [6, 6.07) is 8.61. The van der Waals surface area contributed by atoms with Crippen LogP contribution in [0.3, 0.4) is 0 Å². The number of anilines is 2. The highest BCUT2D eigenvalue weighted by atomic mass is 19.4. The van der Waals surface area contributed by atoms with Crippen LogP contribution in [0.15, 0.2) is 48.5 Å². The van der Waals surface area contributed by atoms with Crippen LogP contribution in [0.5, 0.6) is 0 Å². The molecule has 3 rings (SSSR count). The summed E-state index contributed by atoms with van der Waals surface area (Å²) >= 11 is 0. The first-order chi connectivity index (χ1) is 15.6. The average Bonchev–Trinajstić information content (AvgIpc) is 3.01. The highest BCUT2D eigenvalue weighted by Gasteiger charge is 2.38. The Kier molecular flexibility index (Phi) is 7.00. The molecule has 2 aromatic carbocycles. The van der Waals surface area contributed by atoms with Gasteiger partial charge < -0.3 is 16.0 Å². The second kappa shape index (κ2) is 9.72. The molecule has 0 spiro atoms. The lowest BCUT2D eigenvalue weighted by atomic mass is 10.1. The van der Waals surface area contributed by atoms with Crippen molar-refractivity contribution in [3.8, 4) is 0 Å². The molecule has 174 valence electrons. The highest BCUT2D eigenvalue weighted by molar-refractivity contribution is 6.08. The van der Waals surface area contributed by atoms with E-state index in [2.05, 4.69) is 16.0 Å². The topological polar surface area (TPSA) is 108 Å². The van der Waals surface area contributed by atoms with E-state index in [0.29, 0.717) is 12.8 Å². The minimum absolute atomic E-state index is 0.0375. The Labute approximate surface area is 187 Å². The van der Waals surface area contributed by atoms with Gasteiger partial charge in [-0.3, -0.25) is 19.3 Å². The molecule has 33 heavy (non-hydrogen) atoms. The minimum Gasteiger partial charge on any atom is -0.326 e. The number of halogens is 3. The van der Waals surface area contributed by atoms with Crippen LogP contribution in [0.4, 0.5) is 29.3 Å². The van der Waals surface area contributed by atoms with Crippen molar-refractivity contribution >= 4 is 35.1 Å². The van der Waals surface area contributed by atoms with E-state index < -0.39 is 48.1 Å². The number of imide groups is 1. The molecule has 11 heteroatoms. The maximum atomic E-state index is 12.9. The van der Waals surface area contributed by atoms with Gasteiger partial charge in [0.1, 0.15) is 12.6 Å². The molecule has 0 aromatic heterocycles. The van der Waals surface area contributed by atoms with Crippen LogP contribution >= 0.6 is 0 Å². The van der Waals surface area contributed by atoms with Gasteiger partial charge in [0.25, 0.3) is 11.8 Å². The van der Waals surface area contributed by atoms with E-state index >= 15 is 0 Å². The normalized spacial score (nSPS) is 15.9. The van der Waals surface area contributed by atoms with Crippen LogP contribution in [0.25, 0.3) is 0 Å². The van der Waals surface area contributed by atoms with Crippen LogP contribution in [-0.2, 0) is 15.8 Å². The van der Waals surface area contributed by atoms with E-state index in [4.69, 9.17) is 0 Å². The molecule has 1 saturated heterocycles. The van der Waals surface area contributed by atoms with E-state index in [0.717, 1.165) is 17.0 Å². The second-order valence-corrected chi connectivity index (χ2v) is 7.38. The largest absolute Gasteiger partial charge is 0.416 e. The van der Waals surface area contributed by atoms with Gasteiger partial charge >= 0.3 is 12.2 Å². The van der Waals surface area contributed by atoms with Gasteiger partial charge in [0, 0.05) is 16.9 Å². The number of carbonyl (C=O) groups is 4. The van der Waals surface area contributed by atoms with Crippen molar-refractivity contribution in [1.29, 1.82) is 0 Å². The van der Waals surface area contributed by atoms with Gasteiger partial charge in [0.2, 0.25) is 5.91 Å². The van der Waals surface area contributed by atoms with E-state index in [9.17, 15) is 32.3 Å². The van der Waals surface area contributed by atoms with Gasteiger partial charge in [-0.15, -0.1) is 0 Å². The quantitative estimate of drug-likeness (QED) is 0.547. The fraction of sp³-hybridized carbons (Fsp3) is 0.273. The molecule has 1 fully saturated rings. The number of nitrogens with zero attached hydrogens (tertiary/aromatic N) is 1. The SMILES string of the molecule is CCC[C@@H]1NC(=O)N(CC(=O)Nc2cccc(C(=O)Nc3cccc(C(F)(F)F)c3)c2)C1=O. The zero-order chi connectivity index (χ0) is 24.2. The Morgan fingerprint density at radius 1 is 1.03 bits per heavy atom. The average molecular weight is 462 g/mol. The number of benzene rings is 2. The van der Waals surface area contributed by atoms with Crippen molar-refractivity contribution in [3.63, 3.8) is 0 Å².